The molecule has 0 bridgehead atoms. The minimum atomic E-state index is -0.521. The Labute approximate surface area is 140 Å². The van der Waals surface area contributed by atoms with E-state index in [4.69, 9.17) is 9.15 Å². The molecule has 112 valence electrons. The SMILES string of the molecule is COC(=O)c1oc(-c2cc(Br)cc(Br)c2)nc1C(C)(C)C. The Bertz CT molecular complexity index is 666. The molecule has 1 aromatic heterocycles. The van der Waals surface area contributed by atoms with Crippen LogP contribution < -0.4 is 0 Å². The van der Waals surface area contributed by atoms with Gasteiger partial charge < -0.3 is 9.15 Å². The summed E-state index contributed by atoms with van der Waals surface area (Å²) in [5, 5.41) is 0. The third-order valence-electron chi connectivity index (χ3n) is 2.82. The Balaban J connectivity index is 2.61. The number of oxazole rings is 1. The molecule has 0 aliphatic heterocycles. The van der Waals surface area contributed by atoms with Gasteiger partial charge in [0.05, 0.1) is 7.11 Å². The number of carbonyl (C=O) groups is 1. The number of benzene rings is 1. The largest absolute Gasteiger partial charge is 0.463 e. The molecule has 0 N–H and O–H groups in total. The second-order valence-electron chi connectivity index (χ2n) is 5.60. The van der Waals surface area contributed by atoms with Crippen molar-refractivity contribution in [2.24, 2.45) is 0 Å². The van der Waals surface area contributed by atoms with Crippen LogP contribution in [0.4, 0.5) is 0 Å². The molecule has 0 amide bonds. The number of hydrogen-bond acceptors (Lipinski definition) is 4. The van der Waals surface area contributed by atoms with E-state index in [9.17, 15) is 4.79 Å². The molecule has 0 saturated carbocycles. The lowest BCUT2D eigenvalue weighted by Crippen LogP contribution is -2.17. The van der Waals surface area contributed by atoms with Crippen molar-refractivity contribution in [3.05, 3.63) is 38.6 Å². The van der Waals surface area contributed by atoms with Crippen molar-refractivity contribution in [1.82, 2.24) is 4.98 Å². The molecular weight excluding hydrogens is 402 g/mol. The fraction of sp³-hybridized carbons (Fsp3) is 0.333. The minimum absolute atomic E-state index is 0.149. The molecule has 0 fully saturated rings. The average Bonchev–Trinajstić information content (AvgIpc) is 2.81. The Kier molecular flexibility index (Phi) is 4.58. The molecule has 0 spiro atoms. The Morgan fingerprint density at radius 1 is 1.19 bits per heavy atom. The molecule has 0 saturated heterocycles. The summed E-state index contributed by atoms with van der Waals surface area (Å²) in [4.78, 5) is 16.4. The van der Waals surface area contributed by atoms with Gasteiger partial charge in [-0.1, -0.05) is 52.6 Å². The molecular formula is C15H15Br2NO3. The van der Waals surface area contributed by atoms with Crippen LogP contribution in [-0.2, 0) is 10.2 Å². The predicted octanol–water partition coefficient (Wildman–Crippen LogP) is 4.95. The van der Waals surface area contributed by atoms with E-state index < -0.39 is 5.97 Å². The van der Waals surface area contributed by atoms with E-state index in [1.807, 2.05) is 39.0 Å². The number of hydrogen-bond donors (Lipinski definition) is 0. The van der Waals surface area contributed by atoms with Gasteiger partial charge in [-0.3, -0.25) is 0 Å². The van der Waals surface area contributed by atoms with Crippen molar-refractivity contribution in [2.45, 2.75) is 26.2 Å². The van der Waals surface area contributed by atoms with Gasteiger partial charge in [0.2, 0.25) is 11.7 Å². The molecule has 0 aliphatic rings. The molecule has 0 atom stereocenters. The zero-order valence-corrected chi connectivity index (χ0v) is 15.3. The van der Waals surface area contributed by atoms with Gasteiger partial charge in [-0.05, 0) is 18.2 Å². The molecule has 0 aliphatic carbocycles. The summed E-state index contributed by atoms with van der Waals surface area (Å²) in [5.74, 6) is 0.0196. The van der Waals surface area contributed by atoms with Crippen LogP contribution in [0.5, 0.6) is 0 Å². The zero-order chi connectivity index (χ0) is 15.8. The molecule has 2 aromatic rings. The highest BCUT2D eigenvalue weighted by molar-refractivity contribution is 9.11. The van der Waals surface area contributed by atoms with Gasteiger partial charge in [0, 0.05) is 19.9 Å². The second-order valence-corrected chi connectivity index (χ2v) is 7.43. The van der Waals surface area contributed by atoms with E-state index in [0.717, 1.165) is 14.5 Å². The number of rotatable bonds is 2. The monoisotopic (exact) mass is 415 g/mol. The lowest BCUT2D eigenvalue weighted by Gasteiger charge is -2.15. The third kappa shape index (κ3) is 3.55. The Morgan fingerprint density at radius 3 is 2.24 bits per heavy atom. The van der Waals surface area contributed by atoms with Gasteiger partial charge in [-0.2, -0.15) is 0 Å². The summed E-state index contributed by atoms with van der Waals surface area (Å²) >= 11 is 6.85. The smallest absolute Gasteiger partial charge is 0.376 e. The first-order valence-corrected chi connectivity index (χ1v) is 7.87. The first-order valence-electron chi connectivity index (χ1n) is 6.28. The number of methoxy groups -OCH3 is 1. The lowest BCUT2D eigenvalue weighted by molar-refractivity contribution is 0.0562. The number of aromatic nitrogens is 1. The van der Waals surface area contributed by atoms with Crippen molar-refractivity contribution in [3.8, 4) is 11.5 Å². The summed E-state index contributed by atoms with van der Waals surface area (Å²) in [7, 11) is 1.33. The Morgan fingerprint density at radius 2 is 1.76 bits per heavy atom. The average molecular weight is 417 g/mol. The predicted molar refractivity (Wildman–Crippen MR) is 87.4 cm³/mol. The van der Waals surface area contributed by atoms with Crippen LogP contribution in [0, 0.1) is 0 Å². The normalized spacial score (nSPS) is 11.5. The molecule has 4 nitrogen and oxygen atoms in total. The van der Waals surface area contributed by atoms with Gasteiger partial charge in [-0.25, -0.2) is 9.78 Å². The van der Waals surface area contributed by atoms with E-state index >= 15 is 0 Å². The third-order valence-corrected chi connectivity index (χ3v) is 3.73. The van der Waals surface area contributed by atoms with Crippen LogP contribution in [0.15, 0.2) is 31.6 Å². The number of carbonyl (C=O) groups excluding carboxylic acids is 1. The van der Waals surface area contributed by atoms with Gasteiger partial charge in [0.25, 0.3) is 0 Å². The molecule has 1 aromatic carbocycles. The molecule has 6 heteroatoms. The summed E-state index contributed by atoms with van der Waals surface area (Å²) in [6.07, 6.45) is 0. The zero-order valence-electron chi connectivity index (χ0n) is 12.2. The fourth-order valence-electron chi connectivity index (χ4n) is 1.86. The summed E-state index contributed by atoms with van der Waals surface area (Å²) in [5.41, 5.74) is 1.03. The first kappa shape index (κ1) is 16.2. The van der Waals surface area contributed by atoms with Crippen molar-refractivity contribution in [3.63, 3.8) is 0 Å². The van der Waals surface area contributed by atoms with Crippen molar-refractivity contribution in [2.75, 3.05) is 7.11 Å². The summed E-state index contributed by atoms with van der Waals surface area (Å²) in [6, 6.07) is 5.67. The van der Waals surface area contributed by atoms with Crippen LogP contribution in [-0.4, -0.2) is 18.1 Å². The minimum Gasteiger partial charge on any atom is -0.463 e. The number of halogens is 2. The van der Waals surface area contributed by atoms with E-state index in [2.05, 4.69) is 36.8 Å². The van der Waals surface area contributed by atoms with Crippen molar-refractivity contribution < 1.29 is 13.9 Å². The topological polar surface area (TPSA) is 52.3 Å². The van der Waals surface area contributed by atoms with Crippen LogP contribution in [0.2, 0.25) is 0 Å². The fourth-order valence-corrected chi connectivity index (χ4v) is 3.15. The second kappa shape index (κ2) is 5.93. The van der Waals surface area contributed by atoms with Gasteiger partial charge >= 0.3 is 5.97 Å². The van der Waals surface area contributed by atoms with Crippen molar-refractivity contribution >= 4 is 37.8 Å². The van der Waals surface area contributed by atoms with Gasteiger partial charge in [-0.15, -0.1) is 0 Å². The standard InChI is InChI=1S/C15H15Br2NO3/c1-15(2,3)12-11(14(19)20-4)21-13(18-12)8-5-9(16)7-10(17)6-8/h5-7H,1-4H3. The van der Waals surface area contributed by atoms with E-state index in [-0.39, 0.29) is 11.2 Å². The lowest BCUT2D eigenvalue weighted by atomic mass is 9.91. The Hall–Kier alpha value is -1.14. The van der Waals surface area contributed by atoms with E-state index in [1.165, 1.54) is 7.11 Å². The van der Waals surface area contributed by atoms with Crippen molar-refractivity contribution in [1.29, 1.82) is 0 Å². The highest BCUT2D eigenvalue weighted by Gasteiger charge is 2.30. The molecule has 2 rings (SSSR count). The quantitative estimate of drug-likeness (QED) is 0.649. The highest BCUT2D eigenvalue weighted by atomic mass is 79.9. The number of ether oxygens (including phenoxy) is 1. The van der Waals surface area contributed by atoms with Gasteiger partial charge in [0.15, 0.2) is 0 Å². The van der Waals surface area contributed by atoms with Gasteiger partial charge in [0.1, 0.15) is 5.69 Å². The molecule has 21 heavy (non-hydrogen) atoms. The molecule has 0 unspecified atom stereocenters. The van der Waals surface area contributed by atoms with Crippen LogP contribution in [0.3, 0.4) is 0 Å². The molecule has 1 heterocycles. The van der Waals surface area contributed by atoms with Crippen LogP contribution in [0.1, 0.15) is 37.0 Å². The van der Waals surface area contributed by atoms with E-state index in [1.54, 1.807) is 0 Å². The maximum absolute atomic E-state index is 11.9. The first-order chi connectivity index (χ1) is 9.72. The number of esters is 1. The van der Waals surface area contributed by atoms with Crippen LogP contribution >= 0.6 is 31.9 Å². The summed E-state index contributed by atoms with van der Waals surface area (Å²) in [6.45, 7) is 5.91. The van der Waals surface area contributed by atoms with Crippen LogP contribution in [0.25, 0.3) is 11.5 Å². The molecule has 0 radical (unpaired) electrons. The summed E-state index contributed by atoms with van der Waals surface area (Å²) < 4.78 is 12.2. The maximum atomic E-state index is 11.9. The van der Waals surface area contributed by atoms with E-state index in [0.29, 0.717) is 11.6 Å². The highest BCUT2D eigenvalue weighted by Crippen LogP contribution is 2.33. The maximum Gasteiger partial charge on any atom is 0.376 e. The number of nitrogens with zero attached hydrogens (tertiary/aromatic N) is 1.